The van der Waals surface area contributed by atoms with Crippen LogP contribution in [0.2, 0.25) is 5.02 Å². The van der Waals surface area contributed by atoms with Gasteiger partial charge in [-0.25, -0.2) is 4.68 Å². The Bertz CT molecular complexity index is 989. The second-order valence-electron chi connectivity index (χ2n) is 9.55. The van der Waals surface area contributed by atoms with E-state index in [9.17, 15) is 14.7 Å². The number of carbonyl (C=O) groups excluding carboxylic acids is 2. The lowest BCUT2D eigenvalue weighted by Gasteiger charge is -2.33. The van der Waals surface area contributed by atoms with Crippen molar-refractivity contribution in [3.05, 3.63) is 35.1 Å². The quantitative estimate of drug-likeness (QED) is 0.718. The topological polar surface area (TPSA) is 113 Å². The smallest absolute Gasteiger partial charge is 0.252 e. The highest BCUT2D eigenvalue weighted by atomic mass is 35.5. The van der Waals surface area contributed by atoms with Crippen LogP contribution in [0.4, 0.5) is 0 Å². The number of nitrogens with one attached hydrogen (secondary N) is 1. The molecule has 10 heteroatoms. The minimum atomic E-state index is -1.16. The summed E-state index contributed by atoms with van der Waals surface area (Å²) in [6.07, 6.45) is 0.311. The fourth-order valence-electron chi connectivity index (χ4n) is 4.49. The van der Waals surface area contributed by atoms with Gasteiger partial charge in [-0.2, -0.15) is 0 Å². The Morgan fingerprint density at radius 1 is 1.35 bits per heavy atom. The van der Waals surface area contributed by atoms with Crippen LogP contribution in [0, 0.1) is 23.2 Å². The molecule has 1 aromatic heterocycles. The van der Waals surface area contributed by atoms with Crippen LogP contribution in [0.15, 0.2) is 24.5 Å². The Labute approximate surface area is 185 Å². The number of nitrogens with zero attached hydrogens (tertiary/aromatic N) is 5. The van der Waals surface area contributed by atoms with Gasteiger partial charge in [0.2, 0.25) is 5.91 Å². The first-order valence-electron chi connectivity index (χ1n) is 10.4. The molecule has 1 saturated carbocycles. The van der Waals surface area contributed by atoms with E-state index in [1.54, 1.807) is 23.1 Å². The van der Waals surface area contributed by atoms with E-state index in [1.165, 1.54) is 11.0 Å². The molecule has 1 aromatic carbocycles. The highest BCUT2D eigenvalue weighted by molar-refractivity contribution is 6.30. The SMILES string of the molecule is C[C@@H]1[C@@H]2CN(C(=O)[C@H](O)C(C)(C)C)[C@H](C(=O)NCc3cc(Cl)ccc3-n3cnnn3)[C@H]12. The van der Waals surface area contributed by atoms with Crippen LogP contribution >= 0.6 is 11.6 Å². The molecule has 0 unspecified atom stereocenters. The Kier molecular flexibility index (Phi) is 5.51. The predicted octanol–water partition coefficient (Wildman–Crippen LogP) is 1.43. The minimum Gasteiger partial charge on any atom is -0.383 e. The highest BCUT2D eigenvalue weighted by Gasteiger charge is 2.62. The van der Waals surface area contributed by atoms with Gasteiger partial charge in [0, 0.05) is 18.1 Å². The van der Waals surface area contributed by atoms with Crippen molar-refractivity contribution in [1.29, 1.82) is 0 Å². The number of halogens is 1. The van der Waals surface area contributed by atoms with Crippen LogP contribution in [0.5, 0.6) is 0 Å². The van der Waals surface area contributed by atoms with E-state index in [0.29, 0.717) is 29.1 Å². The first-order chi connectivity index (χ1) is 14.6. The summed E-state index contributed by atoms with van der Waals surface area (Å²) >= 11 is 6.16. The summed E-state index contributed by atoms with van der Waals surface area (Å²) in [5.74, 6) is 0.192. The predicted molar refractivity (Wildman–Crippen MR) is 113 cm³/mol. The number of carbonyl (C=O) groups is 2. The Morgan fingerprint density at radius 2 is 2.10 bits per heavy atom. The summed E-state index contributed by atoms with van der Waals surface area (Å²) in [6.45, 7) is 8.24. The van der Waals surface area contributed by atoms with Gasteiger partial charge in [0.1, 0.15) is 18.5 Å². The summed E-state index contributed by atoms with van der Waals surface area (Å²) in [5.41, 5.74) is 0.854. The average molecular weight is 447 g/mol. The van der Waals surface area contributed by atoms with Crippen LogP contribution in [0.1, 0.15) is 33.3 Å². The van der Waals surface area contributed by atoms with Crippen molar-refractivity contribution in [2.45, 2.75) is 46.4 Å². The molecule has 2 N–H and O–H groups in total. The van der Waals surface area contributed by atoms with Gasteiger partial charge in [-0.3, -0.25) is 9.59 Å². The standard InChI is InChI=1S/C21H27ClN6O3/c1-11-14-9-27(20(31)18(29)21(2,3)4)17(16(11)14)19(30)23-8-12-7-13(22)5-6-15(12)28-10-24-25-26-28/h5-7,10-11,14,16-18,29H,8-9H2,1-4H3,(H,23,30)/t11-,14+,16-,17+,18+/m1/s1. The maximum atomic E-state index is 13.2. The molecule has 5 atom stereocenters. The van der Waals surface area contributed by atoms with Gasteiger partial charge in [0.05, 0.1) is 5.69 Å². The highest BCUT2D eigenvalue weighted by Crippen LogP contribution is 2.55. The fourth-order valence-corrected chi connectivity index (χ4v) is 4.68. The molecule has 2 fully saturated rings. The van der Waals surface area contributed by atoms with E-state index in [1.807, 2.05) is 20.8 Å². The largest absolute Gasteiger partial charge is 0.383 e. The lowest BCUT2D eigenvalue weighted by Crippen LogP contribution is -2.53. The number of aliphatic hydroxyl groups is 1. The normalized spacial score (nSPS) is 25.8. The molecule has 2 amide bonds. The molecular formula is C21H27ClN6O3. The van der Waals surface area contributed by atoms with Crippen molar-refractivity contribution in [2.24, 2.45) is 23.2 Å². The monoisotopic (exact) mass is 446 g/mol. The summed E-state index contributed by atoms with van der Waals surface area (Å²) in [7, 11) is 0. The molecule has 2 aliphatic rings. The molecule has 2 heterocycles. The zero-order valence-electron chi connectivity index (χ0n) is 18.0. The number of fused-ring (bicyclic) bond motifs is 1. The molecule has 31 heavy (non-hydrogen) atoms. The molecule has 166 valence electrons. The minimum absolute atomic E-state index is 0.120. The maximum absolute atomic E-state index is 13.2. The summed E-state index contributed by atoms with van der Waals surface area (Å²) in [6, 6.07) is 4.68. The van der Waals surface area contributed by atoms with Crippen molar-refractivity contribution < 1.29 is 14.7 Å². The van der Waals surface area contributed by atoms with Crippen molar-refractivity contribution in [2.75, 3.05) is 6.54 Å². The summed E-state index contributed by atoms with van der Waals surface area (Å²) < 4.78 is 1.50. The van der Waals surface area contributed by atoms with Crippen molar-refractivity contribution in [1.82, 2.24) is 30.4 Å². The third kappa shape index (κ3) is 4.04. The van der Waals surface area contributed by atoms with Gasteiger partial charge in [-0.05, 0) is 57.4 Å². The lowest BCUT2D eigenvalue weighted by molar-refractivity contribution is -0.151. The third-order valence-electron chi connectivity index (χ3n) is 6.44. The van der Waals surface area contributed by atoms with Gasteiger partial charge in [-0.1, -0.05) is 39.3 Å². The van der Waals surface area contributed by atoms with Crippen LogP contribution in [0.25, 0.3) is 5.69 Å². The van der Waals surface area contributed by atoms with Gasteiger partial charge in [0.15, 0.2) is 0 Å². The molecule has 1 aliphatic carbocycles. The molecule has 1 aliphatic heterocycles. The average Bonchev–Trinajstić information content (AvgIpc) is 3.14. The van der Waals surface area contributed by atoms with E-state index < -0.39 is 17.6 Å². The number of hydrogen-bond acceptors (Lipinski definition) is 6. The molecule has 4 rings (SSSR count). The third-order valence-corrected chi connectivity index (χ3v) is 6.68. The second-order valence-corrected chi connectivity index (χ2v) is 9.99. The van der Waals surface area contributed by atoms with E-state index >= 15 is 0 Å². The summed E-state index contributed by atoms with van der Waals surface area (Å²) in [5, 5.41) is 25.2. The number of likely N-dealkylation sites (tertiary alicyclic amines) is 1. The van der Waals surface area contributed by atoms with Crippen LogP contribution < -0.4 is 5.32 Å². The molecule has 9 nitrogen and oxygen atoms in total. The first kappa shape index (κ1) is 21.7. The van der Waals surface area contributed by atoms with Gasteiger partial charge < -0.3 is 15.3 Å². The van der Waals surface area contributed by atoms with Crippen LogP contribution in [-0.4, -0.2) is 60.7 Å². The number of aromatic nitrogens is 4. The number of aliphatic hydroxyl groups excluding tert-OH is 1. The Morgan fingerprint density at radius 3 is 2.74 bits per heavy atom. The number of rotatable bonds is 5. The van der Waals surface area contributed by atoms with E-state index in [-0.39, 0.29) is 24.3 Å². The lowest BCUT2D eigenvalue weighted by atomic mass is 9.88. The van der Waals surface area contributed by atoms with Gasteiger partial charge >= 0.3 is 0 Å². The maximum Gasteiger partial charge on any atom is 0.252 e. The van der Waals surface area contributed by atoms with Crippen molar-refractivity contribution >= 4 is 23.4 Å². The van der Waals surface area contributed by atoms with Crippen molar-refractivity contribution in [3.63, 3.8) is 0 Å². The first-order valence-corrected chi connectivity index (χ1v) is 10.8. The Balaban J connectivity index is 1.51. The van der Waals surface area contributed by atoms with Gasteiger partial charge in [0.25, 0.3) is 5.91 Å². The van der Waals surface area contributed by atoms with Gasteiger partial charge in [-0.15, -0.1) is 5.10 Å². The summed E-state index contributed by atoms with van der Waals surface area (Å²) in [4.78, 5) is 27.7. The second kappa shape index (κ2) is 7.87. The van der Waals surface area contributed by atoms with E-state index in [0.717, 1.165) is 5.56 Å². The number of hydrogen-bond donors (Lipinski definition) is 2. The number of piperidine rings is 1. The zero-order valence-corrected chi connectivity index (χ0v) is 18.7. The Hall–Kier alpha value is -2.52. The van der Waals surface area contributed by atoms with Crippen molar-refractivity contribution in [3.8, 4) is 5.69 Å². The fraction of sp³-hybridized carbons (Fsp3) is 0.571. The molecule has 0 spiro atoms. The van der Waals surface area contributed by atoms with E-state index in [4.69, 9.17) is 11.6 Å². The number of benzene rings is 1. The molecular weight excluding hydrogens is 420 g/mol. The zero-order chi connectivity index (χ0) is 22.5. The van der Waals surface area contributed by atoms with Crippen LogP contribution in [-0.2, 0) is 16.1 Å². The van der Waals surface area contributed by atoms with E-state index in [2.05, 4.69) is 27.8 Å². The molecule has 0 radical (unpaired) electrons. The molecule has 1 saturated heterocycles. The molecule has 2 aromatic rings. The number of tetrazole rings is 1. The van der Waals surface area contributed by atoms with Crippen LogP contribution in [0.3, 0.4) is 0 Å². The number of amides is 2. The molecule has 0 bridgehead atoms.